The van der Waals surface area contributed by atoms with Crippen LogP contribution in [0.2, 0.25) is 0 Å². The summed E-state index contributed by atoms with van der Waals surface area (Å²) in [7, 11) is 0. The van der Waals surface area contributed by atoms with Crippen molar-refractivity contribution in [1.29, 1.82) is 0 Å². The summed E-state index contributed by atoms with van der Waals surface area (Å²) in [5, 5.41) is 13.6. The molecule has 26 heavy (non-hydrogen) atoms. The Kier molecular flexibility index (Phi) is 6.92. The van der Waals surface area contributed by atoms with E-state index < -0.39 is 23.4 Å². The van der Waals surface area contributed by atoms with Crippen LogP contribution in [-0.4, -0.2) is 29.7 Å². The molecule has 0 aliphatic heterocycles. The Morgan fingerprint density at radius 1 is 1.19 bits per heavy atom. The Bertz CT molecular complexity index is 851. The van der Waals surface area contributed by atoms with Crippen molar-refractivity contribution in [3.8, 4) is 0 Å². The molecule has 1 N–H and O–H groups in total. The third-order valence-electron chi connectivity index (χ3n) is 3.26. The summed E-state index contributed by atoms with van der Waals surface area (Å²) in [6, 6.07) is 13.3. The van der Waals surface area contributed by atoms with Gasteiger partial charge >= 0.3 is 5.97 Å². The number of amides is 1. The summed E-state index contributed by atoms with van der Waals surface area (Å²) < 4.78 is 4.86. The molecule has 0 spiro atoms. The third-order valence-corrected chi connectivity index (χ3v) is 4.05. The second-order valence-corrected chi connectivity index (χ2v) is 5.85. The molecule has 0 heterocycles. The highest BCUT2D eigenvalue weighted by Gasteiger charge is 2.11. The topological polar surface area (TPSA) is 98.5 Å². The van der Waals surface area contributed by atoms with Gasteiger partial charge < -0.3 is 10.1 Å². The number of anilines is 1. The Morgan fingerprint density at radius 2 is 1.88 bits per heavy atom. The third kappa shape index (κ3) is 5.45. The van der Waals surface area contributed by atoms with Crippen LogP contribution >= 0.6 is 11.8 Å². The molecule has 0 bridgehead atoms. The van der Waals surface area contributed by atoms with Crippen LogP contribution in [0.3, 0.4) is 0 Å². The van der Waals surface area contributed by atoms with Gasteiger partial charge in [-0.05, 0) is 30.5 Å². The van der Waals surface area contributed by atoms with Crippen LogP contribution in [0, 0.1) is 10.1 Å². The van der Waals surface area contributed by atoms with Crippen LogP contribution < -0.4 is 5.32 Å². The molecule has 0 radical (unpaired) electrons. The fourth-order valence-electron chi connectivity index (χ4n) is 2.07. The van der Waals surface area contributed by atoms with Crippen molar-refractivity contribution in [3.05, 3.63) is 70.3 Å². The first-order valence-electron chi connectivity index (χ1n) is 7.52. The van der Waals surface area contributed by atoms with Gasteiger partial charge in [0.05, 0.1) is 16.2 Å². The van der Waals surface area contributed by atoms with Gasteiger partial charge in [0.15, 0.2) is 6.61 Å². The Balaban J connectivity index is 1.91. The van der Waals surface area contributed by atoms with E-state index in [2.05, 4.69) is 5.32 Å². The van der Waals surface area contributed by atoms with E-state index in [0.29, 0.717) is 5.69 Å². The lowest BCUT2D eigenvalue weighted by molar-refractivity contribution is -0.385. The summed E-state index contributed by atoms with van der Waals surface area (Å²) in [4.78, 5) is 34.9. The first-order chi connectivity index (χ1) is 12.5. The van der Waals surface area contributed by atoms with E-state index >= 15 is 0 Å². The van der Waals surface area contributed by atoms with Gasteiger partial charge in [-0.1, -0.05) is 24.3 Å². The van der Waals surface area contributed by atoms with E-state index in [4.69, 9.17) is 4.74 Å². The van der Waals surface area contributed by atoms with Crippen LogP contribution in [-0.2, 0) is 14.3 Å². The molecular formula is C18H16N2O5S. The minimum Gasteiger partial charge on any atom is -0.452 e. The average Bonchev–Trinajstić information content (AvgIpc) is 2.65. The van der Waals surface area contributed by atoms with E-state index in [0.717, 1.165) is 11.0 Å². The predicted molar refractivity (Wildman–Crippen MR) is 99.9 cm³/mol. The fourth-order valence-corrected chi connectivity index (χ4v) is 2.63. The maximum absolute atomic E-state index is 11.9. The number of benzene rings is 2. The molecular weight excluding hydrogens is 356 g/mol. The zero-order valence-corrected chi connectivity index (χ0v) is 14.7. The second-order valence-electron chi connectivity index (χ2n) is 5.01. The summed E-state index contributed by atoms with van der Waals surface area (Å²) in [6.07, 6.45) is 4.21. The number of para-hydroxylation sites is 2. The fraction of sp³-hybridized carbons (Fsp3) is 0.111. The Labute approximate surface area is 154 Å². The molecule has 0 fully saturated rings. The van der Waals surface area contributed by atoms with Gasteiger partial charge in [-0.25, -0.2) is 4.79 Å². The molecule has 7 nitrogen and oxygen atoms in total. The smallest absolute Gasteiger partial charge is 0.331 e. The average molecular weight is 372 g/mol. The number of esters is 1. The van der Waals surface area contributed by atoms with Gasteiger partial charge in [-0.3, -0.25) is 14.9 Å². The summed E-state index contributed by atoms with van der Waals surface area (Å²) >= 11 is 1.48. The first-order valence-corrected chi connectivity index (χ1v) is 8.75. The van der Waals surface area contributed by atoms with E-state index in [1.165, 1.54) is 36.0 Å². The van der Waals surface area contributed by atoms with Crippen molar-refractivity contribution in [2.24, 2.45) is 0 Å². The molecule has 2 aromatic carbocycles. The predicted octanol–water partition coefficient (Wildman–Crippen LogP) is 3.51. The molecule has 134 valence electrons. The molecule has 8 heteroatoms. The Hall–Kier alpha value is -3.13. The number of thioether (sulfide) groups is 1. The lowest BCUT2D eigenvalue weighted by Gasteiger charge is -2.08. The maximum Gasteiger partial charge on any atom is 0.331 e. The van der Waals surface area contributed by atoms with Crippen molar-refractivity contribution in [2.45, 2.75) is 4.90 Å². The van der Waals surface area contributed by atoms with Crippen molar-refractivity contribution >= 4 is 41.1 Å². The number of rotatable bonds is 7. The number of nitrogens with zero attached hydrogens (tertiary/aromatic N) is 1. The van der Waals surface area contributed by atoms with Gasteiger partial charge in [0.2, 0.25) is 0 Å². The number of ether oxygens (including phenoxy) is 1. The maximum atomic E-state index is 11.9. The lowest BCUT2D eigenvalue weighted by atomic mass is 10.1. The molecule has 2 rings (SSSR count). The number of hydrogen-bond donors (Lipinski definition) is 1. The van der Waals surface area contributed by atoms with Crippen molar-refractivity contribution < 1.29 is 19.2 Å². The van der Waals surface area contributed by atoms with Gasteiger partial charge in [0.25, 0.3) is 11.6 Å². The highest BCUT2D eigenvalue weighted by atomic mass is 32.2. The zero-order chi connectivity index (χ0) is 18.9. The quantitative estimate of drug-likeness (QED) is 0.263. The van der Waals surface area contributed by atoms with E-state index in [1.807, 2.05) is 18.4 Å². The van der Waals surface area contributed by atoms with Gasteiger partial charge in [-0.15, -0.1) is 11.8 Å². The number of nitro benzene ring substituents is 1. The van der Waals surface area contributed by atoms with Gasteiger partial charge in [0, 0.05) is 17.0 Å². The summed E-state index contributed by atoms with van der Waals surface area (Å²) in [6.45, 7) is -0.456. The van der Waals surface area contributed by atoms with Crippen LogP contribution in [0.25, 0.3) is 6.08 Å². The molecule has 2 aromatic rings. The summed E-state index contributed by atoms with van der Waals surface area (Å²) in [5.41, 5.74) is 0.785. The SMILES string of the molecule is CSc1ccccc1NC(=O)COC(=O)C=Cc1ccccc1[N+](=O)[O-]. The van der Waals surface area contributed by atoms with Crippen LogP contribution in [0.15, 0.2) is 59.5 Å². The largest absolute Gasteiger partial charge is 0.452 e. The standard InChI is InChI=1S/C18H16N2O5S/c1-26-16-9-5-3-7-14(16)19-17(21)12-25-18(22)11-10-13-6-2-4-8-15(13)20(23)24/h2-11H,12H2,1H3,(H,19,21). The molecule has 0 aromatic heterocycles. The van der Waals surface area contributed by atoms with Gasteiger partial charge in [-0.2, -0.15) is 0 Å². The normalized spacial score (nSPS) is 10.5. The van der Waals surface area contributed by atoms with E-state index in [9.17, 15) is 19.7 Å². The lowest BCUT2D eigenvalue weighted by Crippen LogP contribution is -2.20. The van der Waals surface area contributed by atoms with E-state index in [-0.39, 0.29) is 11.3 Å². The first kappa shape index (κ1) is 19.2. The van der Waals surface area contributed by atoms with Crippen molar-refractivity contribution in [2.75, 3.05) is 18.2 Å². The molecule has 0 unspecified atom stereocenters. The minimum absolute atomic E-state index is 0.122. The van der Waals surface area contributed by atoms with E-state index in [1.54, 1.807) is 18.2 Å². The molecule has 0 aliphatic rings. The molecule has 0 saturated carbocycles. The number of nitro groups is 1. The Morgan fingerprint density at radius 3 is 2.62 bits per heavy atom. The number of nitrogens with one attached hydrogen (secondary N) is 1. The van der Waals surface area contributed by atoms with Crippen LogP contribution in [0.5, 0.6) is 0 Å². The number of carbonyl (C=O) groups excluding carboxylic acids is 2. The van der Waals surface area contributed by atoms with Crippen LogP contribution in [0.4, 0.5) is 11.4 Å². The van der Waals surface area contributed by atoms with Crippen LogP contribution in [0.1, 0.15) is 5.56 Å². The number of carbonyl (C=O) groups is 2. The molecule has 0 aliphatic carbocycles. The minimum atomic E-state index is -0.767. The van der Waals surface area contributed by atoms with Crippen molar-refractivity contribution in [1.82, 2.24) is 0 Å². The summed E-state index contributed by atoms with van der Waals surface area (Å²) in [5.74, 6) is -1.24. The molecule has 0 saturated heterocycles. The zero-order valence-electron chi connectivity index (χ0n) is 13.9. The highest BCUT2D eigenvalue weighted by molar-refractivity contribution is 7.98. The number of hydrogen-bond acceptors (Lipinski definition) is 6. The second kappa shape index (κ2) is 9.38. The highest BCUT2D eigenvalue weighted by Crippen LogP contribution is 2.24. The molecule has 0 atom stereocenters. The van der Waals surface area contributed by atoms with Crippen molar-refractivity contribution in [3.63, 3.8) is 0 Å². The van der Waals surface area contributed by atoms with Gasteiger partial charge in [0.1, 0.15) is 0 Å². The molecule has 1 amide bonds. The monoisotopic (exact) mass is 372 g/mol.